The Hall–Kier alpha value is -2.85. The molecule has 4 rings (SSSR count). The molecule has 0 atom stereocenters. The van der Waals surface area contributed by atoms with E-state index in [0.717, 1.165) is 38.6 Å². The van der Waals surface area contributed by atoms with Crippen molar-refractivity contribution in [3.63, 3.8) is 0 Å². The van der Waals surface area contributed by atoms with Crippen molar-refractivity contribution in [2.45, 2.75) is 17.7 Å². The fourth-order valence-corrected chi connectivity index (χ4v) is 4.11. The Kier molecular flexibility index (Phi) is 5.07. The van der Waals surface area contributed by atoms with E-state index in [1.807, 2.05) is 24.3 Å². The molecule has 1 heterocycles. The Morgan fingerprint density at radius 1 is 0.852 bits per heavy atom. The molecule has 0 fully saturated rings. The van der Waals surface area contributed by atoms with Crippen LogP contribution in [0.1, 0.15) is 11.1 Å². The predicted octanol–water partition coefficient (Wildman–Crippen LogP) is 5.91. The first kappa shape index (κ1) is 17.6. The van der Waals surface area contributed by atoms with E-state index < -0.39 is 0 Å². The van der Waals surface area contributed by atoms with Gasteiger partial charge in [0.25, 0.3) is 0 Å². The van der Waals surface area contributed by atoms with Gasteiger partial charge in [0.1, 0.15) is 16.5 Å². The average molecular weight is 372 g/mol. The molecule has 0 aliphatic heterocycles. The van der Waals surface area contributed by atoms with Crippen molar-refractivity contribution in [2.75, 3.05) is 7.11 Å². The monoisotopic (exact) mass is 372 g/mol. The molecule has 4 aromatic rings. The number of ether oxygens (including phenoxy) is 1. The van der Waals surface area contributed by atoms with E-state index in [9.17, 15) is 0 Å². The van der Waals surface area contributed by atoms with Gasteiger partial charge in [-0.15, -0.1) is 10.2 Å². The molecule has 0 saturated carbocycles. The van der Waals surface area contributed by atoms with Crippen LogP contribution in [-0.4, -0.2) is 17.3 Å². The van der Waals surface area contributed by atoms with Crippen LogP contribution in [0.15, 0.2) is 77.8 Å². The number of fused-ring (bicyclic) bond motifs is 1. The number of aromatic nitrogens is 2. The molecule has 0 aliphatic carbocycles. The van der Waals surface area contributed by atoms with E-state index in [-0.39, 0.29) is 0 Å². The lowest BCUT2D eigenvalue weighted by molar-refractivity contribution is 0.411. The molecule has 3 aromatic carbocycles. The molecule has 27 heavy (non-hydrogen) atoms. The standard InChI is InChI=1S/C23H20N2OS/c1-16-12-13-21(26-2)18(14-16)15-27-23-20-11-7-6-10-19(20)22(24-25-23)17-8-4-3-5-9-17/h3-14H,15H2,1-2H3. The molecule has 134 valence electrons. The van der Waals surface area contributed by atoms with Gasteiger partial charge >= 0.3 is 0 Å². The zero-order chi connectivity index (χ0) is 18.6. The van der Waals surface area contributed by atoms with Crippen LogP contribution in [0.2, 0.25) is 0 Å². The smallest absolute Gasteiger partial charge is 0.127 e. The summed E-state index contributed by atoms with van der Waals surface area (Å²) in [4.78, 5) is 0. The van der Waals surface area contributed by atoms with E-state index in [0.29, 0.717) is 0 Å². The number of thioether (sulfide) groups is 1. The number of nitrogens with zero attached hydrogens (tertiary/aromatic N) is 2. The maximum Gasteiger partial charge on any atom is 0.127 e. The van der Waals surface area contributed by atoms with Crippen molar-refractivity contribution < 1.29 is 4.74 Å². The number of hydrogen-bond donors (Lipinski definition) is 0. The third-order valence-corrected chi connectivity index (χ3v) is 5.53. The minimum absolute atomic E-state index is 0.786. The highest BCUT2D eigenvalue weighted by Crippen LogP contribution is 2.34. The number of methoxy groups -OCH3 is 1. The molecule has 0 aliphatic rings. The van der Waals surface area contributed by atoms with E-state index in [1.165, 1.54) is 11.1 Å². The Morgan fingerprint density at radius 3 is 2.37 bits per heavy atom. The Bertz CT molecular complexity index is 1080. The molecule has 0 unspecified atom stereocenters. The van der Waals surface area contributed by atoms with Crippen molar-refractivity contribution in [3.8, 4) is 17.0 Å². The maximum atomic E-state index is 5.50. The van der Waals surface area contributed by atoms with Crippen LogP contribution in [0.3, 0.4) is 0 Å². The van der Waals surface area contributed by atoms with Crippen molar-refractivity contribution in [2.24, 2.45) is 0 Å². The van der Waals surface area contributed by atoms with Crippen molar-refractivity contribution in [1.82, 2.24) is 10.2 Å². The highest BCUT2D eigenvalue weighted by Gasteiger charge is 2.12. The van der Waals surface area contributed by atoms with Gasteiger partial charge in [-0.1, -0.05) is 84.1 Å². The summed E-state index contributed by atoms with van der Waals surface area (Å²) in [5, 5.41) is 12.3. The number of rotatable bonds is 5. The van der Waals surface area contributed by atoms with Crippen molar-refractivity contribution in [3.05, 3.63) is 83.9 Å². The van der Waals surface area contributed by atoms with Crippen LogP contribution in [0.4, 0.5) is 0 Å². The minimum atomic E-state index is 0.786. The summed E-state index contributed by atoms with van der Waals surface area (Å²) < 4.78 is 5.50. The zero-order valence-corrected chi connectivity index (χ0v) is 16.2. The number of benzene rings is 3. The summed E-state index contributed by atoms with van der Waals surface area (Å²) in [7, 11) is 1.71. The summed E-state index contributed by atoms with van der Waals surface area (Å²) in [6.45, 7) is 2.09. The molecule has 0 radical (unpaired) electrons. The maximum absolute atomic E-state index is 5.50. The van der Waals surface area contributed by atoms with E-state index >= 15 is 0 Å². The van der Waals surface area contributed by atoms with E-state index in [4.69, 9.17) is 4.74 Å². The summed E-state index contributed by atoms with van der Waals surface area (Å²) in [6, 6.07) is 24.8. The Balaban J connectivity index is 1.71. The molecular weight excluding hydrogens is 352 g/mol. The lowest BCUT2D eigenvalue weighted by Crippen LogP contribution is -1.95. The van der Waals surface area contributed by atoms with Crippen molar-refractivity contribution in [1.29, 1.82) is 0 Å². The average Bonchev–Trinajstić information content (AvgIpc) is 2.72. The predicted molar refractivity (Wildman–Crippen MR) is 112 cm³/mol. The van der Waals surface area contributed by atoms with Crippen LogP contribution in [-0.2, 0) is 5.75 Å². The molecule has 0 N–H and O–H groups in total. The second kappa shape index (κ2) is 7.80. The topological polar surface area (TPSA) is 35.0 Å². The molecular formula is C23H20N2OS. The largest absolute Gasteiger partial charge is 0.496 e. The van der Waals surface area contributed by atoms with Gasteiger partial charge in [-0.05, 0) is 13.0 Å². The number of hydrogen-bond acceptors (Lipinski definition) is 4. The third-order valence-electron chi connectivity index (χ3n) is 4.50. The van der Waals surface area contributed by atoms with Gasteiger partial charge in [-0.25, -0.2) is 0 Å². The SMILES string of the molecule is COc1ccc(C)cc1CSc1nnc(-c2ccccc2)c2ccccc12. The highest BCUT2D eigenvalue weighted by molar-refractivity contribution is 7.98. The summed E-state index contributed by atoms with van der Waals surface area (Å²) in [6.07, 6.45) is 0. The van der Waals surface area contributed by atoms with Gasteiger partial charge in [0.05, 0.1) is 7.11 Å². The first-order valence-corrected chi connectivity index (χ1v) is 9.82. The second-order valence-corrected chi connectivity index (χ2v) is 7.33. The van der Waals surface area contributed by atoms with Gasteiger partial charge in [0.15, 0.2) is 0 Å². The fourth-order valence-electron chi connectivity index (χ4n) is 3.16. The normalized spacial score (nSPS) is 10.9. The van der Waals surface area contributed by atoms with Gasteiger partial charge in [0.2, 0.25) is 0 Å². The molecule has 0 amide bonds. The quantitative estimate of drug-likeness (QED) is 0.408. The highest BCUT2D eigenvalue weighted by atomic mass is 32.2. The van der Waals surface area contributed by atoms with Gasteiger partial charge in [0, 0.05) is 27.7 Å². The van der Waals surface area contributed by atoms with Gasteiger partial charge < -0.3 is 4.74 Å². The summed E-state index contributed by atoms with van der Waals surface area (Å²) in [5.74, 6) is 1.69. The molecule has 1 aromatic heterocycles. The molecule has 0 spiro atoms. The molecule has 4 heteroatoms. The lowest BCUT2D eigenvalue weighted by Gasteiger charge is -2.11. The first-order valence-electron chi connectivity index (χ1n) is 8.83. The van der Waals surface area contributed by atoms with E-state index in [1.54, 1.807) is 18.9 Å². The Labute approximate surface area is 163 Å². The summed E-state index contributed by atoms with van der Waals surface area (Å²) in [5.41, 5.74) is 4.39. The molecule has 3 nitrogen and oxygen atoms in total. The Morgan fingerprint density at radius 2 is 1.59 bits per heavy atom. The summed E-state index contributed by atoms with van der Waals surface area (Å²) >= 11 is 1.69. The van der Waals surface area contributed by atoms with Crippen LogP contribution in [0, 0.1) is 6.92 Å². The van der Waals surface area contributed by atoms with Crippen LogP contribution in [0.5, 0.6) is 5.75 Å². The first-order chi connectivity index (χ1) is 13.3. The van der Waals surface area contributed by atoms with Crippen LogP contribution in [0.25, 0.3) is 22.0 Å². The van der Waals surface area contributed by atoms with Gasteiger partial charge in [-0.2, -0.15) is 0 Å². The van der Waals surface area contributed by atoms with Gasteiger partial charge in [-0.3, -0.25) is 0 Å². The number of aryl methyl sites for hydroxylation is 1. The third kappa shape index (κ3) is 3.67. The second-order valence-electron chi connectivity index (χ2n) is 6.37. The fraction of sp³-hybridized carbons (Fsp3) is 0.130. The van der Waals surface area contributed by atoms with Crippen molar-refractivity contribution >= 4 is 22.5 Å². The van der Waals surface area contributed by atoms with E-state index in [2.05, 4.69) is 65.7 Å². The lowest BCUT2D eigenvalue weighted by atomic mass is 10.1. The molecule has 0 saturated heterocycles. The molecule has 0 bridgehead atoms. The zero-order valence-electron chi connectivity index (χ0n) is 15.3. The van der Waals surface area contributed by atoms with Crippen LogP contribution < -0.4 is 4.74 Å². The minimum Gasteiger partial charge on any atom is -0.496 e. The van der Waals surface area contributed by atoms with Crippen LogP contribution >= 0.6 is 11.8 Å².